The van der Waals surface area contributed by atoms with E-state index in [1.54, 1.807) is 0 Å². The Bertz CT molecular complexity index is 920. The molecule has 2 heteroatoms. The summed E-state index contributed by atoms with van der Waals surface area (Å²) in [5.41, 5.74) is 6.57. The molecule has 26 heavy (non-hydrogen) atoms. The smallest absolute Gasteiger partial charge is 0.320 e. The molecule has 3 aromatic rings. The lowest BCUT2D eigenvalue weighted by molar-refractivity contribution is 0.590. The van der Waals surface area contributed by atoms with Crippen LogP contribution in [0, 0.1) is 0 Å². The van der Waals surface area contributed by atoms with Gasteiger partial charge in [-0.1, -0.05) is 98.9 Å². The third-order valence-corrected chi connectivity index (χ3v) is 5.09. The van der Waals surface area contributed by atoms with Gasteiger partial charge < -0.3 is 4.81 Å². The van der Waals surface area contributed by atoms with E-state index in [1.165, 1.54) is 28.0 Å². The minimum absolute atomic E-state index is 0.164. The van der Waals surface area contributed by atoms with E-state index in [4.69, 9.17) is 0 Å². The van der Waals surface area contributed by atoms with Crippen molar-refractivity contribution in [2.45, 2.75) is 26.2 Å². The standard InChI is InChI=1S/C24H24BN/c1-24(2,3)20-13-15-22(16-14-20)26-23-12-8-7-9-19(23)17-18-25(26)21-10-5-4-6-11-21/h4-18H,1-3H3. The van der Waals surface area contributed by atoms with Gasteiger partial charge in [-0.3, -0.25) is 0 Å². The fourth-order valence-corrected chi connectivity index (χ4v) is 3.61. The molecule has 0 amide bonds. The highest BCUT2D eigenvalue weighted by atomic mass is 15.1. The Balaban J connectivity index is 1.82. The van der Waals surface area contributed by atoms with E-state index < -0.39 is 0 Å². The molecule has 0 saturated carbocycles. The summed E-state index contributed by atoms with van der Waals surface area (Å²) in [4.78, 5) is 2.44. The van der Waals surface area contributed by atoms with Crippen molar-refractivity contribution >= 4 is 29.8 Å². The van der Waals surface area contributed by atoms with Gasteiger partial charge in [-0.2, -0.15) is 0 Å². The highest BCUT2D eigenvalue weighted by Gasteiger charge is 2.29. The number of anilines is 2. The molecule has 0 aromatic heterocycles. The van der Waals surface area contributed by atoms with Crippen LogP contribution < -0.4 is 10.3 Å². The number of benzene rings is 3. The normalized spacial score (nSPS) is 13.7. The Kier molecular flexibility index (Phi) is 4.20. The van der Waals surface area contributed by atoms with E-state index in [0.29, 0.717) is 0 Å². The Labute approximate surface area is 157 Å². The predicted molar refractivity (Wildman–Crippen MR) is 115 cm³/mol. The van der Waals surface area contributed by atoms with Crippen LogP contribution in [0.4, 0.5) is 11.4 Å². The SMILES string of the molecule is CC(C)(C)c1ccc(N2B(c3ccccc3)C=Cc3ccccc32)cc1. The molecule has 1 nitrogen and oxygen atoms in total. The molecule has 0 aliphatic carbocycles. The van der Waals surface area contributed by atoms with Crippen molar-refractivity contribution < 1.29 is 0 Å². The highest BCUT2D eigenvalue weighted by molar-refractivity contribution is 6.83. The van der Waals surface area contributed by atoms with E-state index in [2.05, 4.69) is 116 Å². The summed E-state index contributed by atoms with van der Waals surface area (Å²) in [6, 6.07) is 28.4. The Morgan fingerprint density at radius 2 is 1.38 bits per heavy atom. The summed E-state index contributed by atoms with van der Waals surface area (Å²) in [5, 5.41) is 0. The molecule has 0 bridgehead atoms. The highest BCUT2D eigenvalue weighted by Crippen LogP contribution is 2.35. The molecular weight excluding hydrogens is 313 g/mol. The van der Waals surface area contributed by atoms with Gasteiger partial charge in [0.1, 0.15) is 0 Å². The lowest BCUT2D eigenvalue weighted by Gasteiger charge is -2.35. The number of nitrogens with zero attached hydrogens (tertiary/aromatic N) is 1. The first-order valence-corrected chi connectivity index (χ1v) is 9.26. The molecule has 0 unspecified atom stereocenters. The van der Waals surface area contributed by atoms with Crippen molar-refractivity contribution in [3.8, 4) is 0 Å². The van der Waals surface area contributed by atoms with Gasteiger partial charge in [-0.25, -0.2) is 0 Å². The Morgan fingerprint density at radius 3 is 2.08 bits per heavy atom. The second kappa shape index (κ2) is 6.53. The van der Waals surface area contributed by atoms with Gasteiger partial charge in [0.2, 0.25) is 0 Å². The van der Waals surface area contributed by atoms with Crippen molar-refractivity contribution in [1.29, 1.82) is 0 Å². The summed E-state index contributed by atoms with van der Waals surface area (Å²) in [7, 11) is 0. The Hall–Kier alpha value is -2.74. The van der Waals surface area contributed by atoms with Crippen molar-refractivity contribution in [3.05, 3.63) is 96.0 Å². The molecule has 128 valence electrons. The Morgan fingerprint density at radius 1 is 0.731 bits per heavy atom. The van der Waals surface area contributed by atoms with E-state index >= 15 is 0 Å². The van der Waals surface area contributed by atoms with Crippen LogP contribution in [0.25, 0.3) is 6.08 Å². The van der Waals surface area contributed by atoms with Crippen LogP contribution in [-0.4, -0.2) is 6.85 Å². The van der Waals surface area contributed by atoms with Crippen LogP contribution in [0.5, 0.6) is 0 Å². The maximum atomic E-state index is 2.44. The minimum Gasteiger partial charge on any atom is -0.377 e. The van der Waals surface area contributed by atoms with Gasteiger partial charge in [0.25, 0.3) is 0 Å². The lowest BCUT2D eigenvalue weighted by Crippen LogP contribution is -2.46. The third-order valence-electron chi connectivity index (χ3n) is 5.09. The van der Waals surface area contributed by atoms with Crippen LogP contribution >= 0.6 is 0 Å². The second-order valence-electron chi connectivity index (χ2n) is 7.94. The fourth-order valence-electron chi connectivity index (χ4n) is 3.61. The maximum absolute atomic E-state index is 2.44. The largest absolute Gasteiger partial charge is 0.377 e. The molecule has 0 atom stereocenters. The lowest BCUT2D eigenvalue weighted by atomic mass is 9.52. The monoisotopic (exact) mass is 337 g/mol. The molecule has 0 N–H and O–H groups in total. The van der Waals surface area contributed by atoms with Gasteiger partial charge in [0.05, 0.1) is 0 Å². The number of para-hydroxylation sites is 1. The zero-order valence-electron chi connectivity index (χ0n) is 15.7. The quantitative estimate of drug-likeness (QED) is 0.551. The predicted octanol–water partition coefficient (Wildman–Crippen LogP) is 5.59. The van der Waals surface area contributed by atoms with Crippen molar-refractivity contribution in [1.82, 2.24) is 0 Å². The molecule has 1 aliphatic heterocycles. The first-order chi connectivity index (χ1) is 12.5. The zero-order valence-corrected chi connectivity index (χ0v) is 15.7. The molecule has 0 radical (unpaired) electrons. The number of hydrogen-bond donors (Lipinski definition) is 0. The fraction of sp³-hybridized carbons (Fsp3) is 0.167. The maximum Gasteiger partial charge on any atom is 0.320 e. The third kappa shape index (κ3) is 3.08. The molecule has 4 rings (SSSR count). The van der Waals surface area contributed by atoms with Crippen LogP contribution in [-0.2, 0) is 5.41 Å². The van der Waals surface area contributed by atoms with E-state index in [-0.39, 0.29) is 12.3 Å². The first kappa shape index (κ1) is 16.7. The number of fused-ring (bicyclic) bond motifs is 1. The molecule has 0 saturated heterocycles. The van der Waals surface area contributed by atoms with Crippen LogP contribution in [0.1, 0.15) is 31.9 Å². The van der Waals surface area contributed by atoms with Gasteiger partial charge in [0.15, 0.2) is 0 Å². The van der Waals surface area contributed by atoms with E-state index in [1.807, 2.05) is 0 Å². The molecule has 1 heterocycles. The molecule has 3 aromatic carbocycles. The van der Waals surface area contributed by atoms with Gasteiger partial charge >= 0.3 is 6.85 Å². The van der Waals surface area contributed by atoms with Gasteiger partial charge in [0, 0.05) is 11.4 Å². The molecule has 0 spiro atoms. The van der Waals surface area contributed by atoms with Crippen molar-refractivity contribution in [2.75, 3.05) is 4.81 Å². The molecule has 1 aliphatic rings. The number of rotatable bonds is 2. The summed E-state index contributed by atoms with van der Waals surface area (Å²) in [6.45, 7) is 6.97. The van der Waals surface area contributed by atoms with Crippen LogP contribution in [0.15, 0.2) is 84.8 Å². The average Bonchev–Trinajstić information content (AvgIpc) is 2.67. The minimum atomic E-state index is 0.164. The molecular formula is C24H24BN. The van der Waals surface area contributed by atoms with E-state index in [0.717, 1.165) is 0 Å². The van der Waals surface area contributed by atoms with Gasteiger partial charge in [-0.05, 0) is 34.7 Å². The average molecular weight is 337 g/mol. The topological polar surface area (TPSA) is 3.24 Å². The van der Waals surface area contributed by atoms with E-state index in [9.17, 15) is 0 Å². The number of hydrogen-bond acceptors (Lipinski definition) is 1. The van der Waals surface area contributed by atoms with Crippen LogP contribution in [0.3, 0.4) is 0 Å². The first-order valence-electron chi connectivity index (χ1n) is 9.26. The summed E-state index contributed by atoms with van der Waals surface area (Å²) in [6.07, 6.45) is 2.24. The van der Waals surface area contributed by atoms with Crippen LogP contribution in [0.2, 0.25) is 0 Å². The second-order valence-corrected chi connectivity index (χ2v) is 7.94. The van der Waals surface area contributed by atoms with Crippen molar-refractivity contribution in [2.24, 2.45) is 0 Å². The van der Waals surface area contributed by atoms with Crippen molar-refractivity contribution in [3.63, 3.8) is 0 Å². The summed E-state index contributed by atoms with van der Waals surface area (Å²) in [5.74, 6) is 2.30. The van der Waals surface area contributed by atoms with Gasteiger partial charge in [-0.15, -0.1) is 0 Å². The summed E-state index contributed by atoms with van der Waals surface area (Å²) < 4.78 is 0. The zero-order chi connectivity index (χ0) is 18.1. The summed E-state index contributed by atoms with van der Waals surface area (Å²) >= 11 is 0. The molecule has 0 fully saturated rings.